The van der Waals surface area contributed by atoms with Gasteiger partial charge in [-0.2, -0.15) is 4.98 Å². The SMILES string of the molecule is O=C(C1CCN(c2nc3ccccc3o2)CC1)N1CCN(Cc2ccc3c(c2)OCO3)CC1. The van der Waals surface area contributed by atoms with Crippen molar-refractivity contribution in [2.24, 2.45) is 5.92 Å². The van der Waals surface area contributed by atoms with Gasteiger partial charge < -0.3 is 23.7 Å². The second kappa shape index (κ2) is 8.59. The fraction of sp³-hybridized carbons (Fsp3) is 0.440. The zero-order chi connectivity index (χ0) is 22.2. The monoisotopic (exact) mass is 448 g/mol. The summed E-state index contributed by atoms with van der Waals surface area (Å²) in [7, 11) is 0. The molecular weight excluding hydrogens is 420 g/mol. The molecule has 0 radical (unpaired) electrons. The summed E-state index contributed by atoms with van der Waals surface area (Å²) in [5.74, 6) is 2.03. The average molecular weight is 449 g/mol. The van der Waals surface area contributed by atoms with Gasteiger partial charge in [0.05, 0.1) is 0 Å². The number of carbonyl (C=O) groups excluding carboxylic acids is 1. The molecule has 3 aliphatic rings. The van der Waals surface area contributed by atoms with Crippen LogP contribution in [0.25, 0.3) is 11.1 Å². The minimum atomic E-state index is 0.0889. The number of hydrogen-bond acceptors (Lipinski definition) is 7. The van der Waals surface area contributed by atoms with Gasteiger partial charge in [0.15, 0.2) is 17.1 Å². The average Bonchev–Trinajstić information content (AvgIpc) is 3.51. The van der Waals surface area contributed by atoms with Crippen LogP contribution in [0.15, 0.2) is 46.9 Å². The van der Waals surface area contributed by atoms with Crippen molar-refractivity contribution in [2.75, 3.05) is 51.0 Å². The van der Waals surface area contributed by atoms with Gasteiger partial charge >= 0.3 is 0 Å². The largest absolute Gasteiger partial charge is 0.454 e. The van der Waals surface area contributed by atoms with Crippen molar-refractivity contribution in [1.82, 2.24) is 14.8 Å². The van der Waals surface area contributed by atoms with Crippen LogP contribution < -0.4 is 14.4 Å². The Hall–Kier alpha value is -3.26. The van der Waals surface area contributed by atoms with Crippen LogP contribution in [0.4, 0.5) is 6.01 Å². The van der Waals surface area contributed by atoms with Gasteiger partial charge in [-0.3, -0.25) is 9.69 Å². The second-order valence-corrected chi connectivity index (χ2v) is 9.01. The van der Waals surface area contributed by atoms with E-state index < -0.39 is 0 Å². The van der Waals surface area contributed by atoms with Crippen molar-refractivity contribution in [2.45, 2.75) is 19.4 Å². The highest BCUT2D eigenvalue weighted by Crippen LogP contribution is 2.33. The highest BCUT2D eigenvalue weighted by atomic mass is 16.7. The molecular formula is C25H28N4O4. The number of aromatic nitrogens is 1. The van der Waals surface area contributed by atoms with E-state index in [-0.39, 0.29) is 5.92 Å². The summed E-state index contributed by atoms with van der Waals surface area (Å²) < 4.78 is 16.8. The van der Waals surface area contributed by atoms with E-state index in [1.807, 2.05) is 30.3 Å². The number of para-hydroxylation sites is 2. The van der Waals surface area contributed by atoms with Crippen LogP contribution in [-0.4, -0.2) is 66.8 Å². The summed E-state index contributed by atoms with van der Waals surface area (Å²) in [5.41, 5.74) is 2.90. The number of piperazine rings is 1. The Labute approximate surface area is 192 Å². The molecule has 8 nitrogen and oxygen atoms in total. The van der Waals surface area contributed by atoms with E-state index in [9.17, 15) is 4.79 Å². The number of oxazole rings is 1. The van der Waals surface area contributed by atoms with Gasteiger partial charge in [0.1, 0.15) is 5.52 Å². The topological polar surface area (TPSA) is 71.3 Å². The lowest BCUT2D eigenvalue weighted by Gasteiger charge is -2.38. The molecule has 4 heterocycles. The van der Waals surface area contributed by atoms with E-state index in [4.69, 9.17) is 13.9 Å². The molecule has 2 fully saturated rings. The lowest BCUT2D eigenvalue weighted by atomic mass is 9.95. The molecule has 0 N–H and O–H groups in total. The fourth-order valence-electron chi connectivity index (χ4n) is 5.00. The summed E-state index contributed by atoms with van der Waals surface area (Å²) in [4.78, 5) is 24.4. The number of carbonyl (C=O) groups is 1. The molecule has 6 rings (SSSR count). The number of amides is 1. The van der Waals surface area contributed by atoms with E-state index in [1.165, 1.54) is 5.56 Å². The third kappa shape index (κ3) is 4.11. The number of piperidine rings is 1. The quantitative estimate of drug-likeness (QED) is 0.607. The number of ether oxygens (including phenoxy) is 2. The molecule has 1 amide bonds. The normalized spacial score (nSPS) is 19.4. The van der Waals surface area contributed by atoms with E-state index in [1.54, 1.807) is 0 Å². The molecule has 172 valence electrons. The number of nitrogens with zero attached hydrogens (tertiary/aromatic N) is 4. The van der Waals surface area contributed by atoms with Gasteiger partial charge in [0.25, 0.3) is 6.01 Å². The van der Waals surface area contributed by atoms with Crippen molar-refractivity contribution in [3.05, 3.63) is 48.0 Å². The third-order valence-electron chi connectivity index (χ3n) is 6.92. The Balaban J connectivity index is 0.996. The van der Waals surface area contributed by atoms with Gasteiger partial charge in [-0.1, -0.05) is 18.2 Å². The zero-order valence-electron chi connectivity index (χ0n) is 18.6. The van der Waals surface area contributed by atoms with Gasteiger partial charge in [-0.15, -0.1) is 0 Å². The van der Waals surface area contributed by atoms with Crippen LogP contribution in [0.2, 0.25) is 0 Å². The molecule has 3 aliphatic heterocycles. The third-order valence-corrected chi connectivity index (χ3v) is 6.92. The second-order valence-electron chi connectivity index (χ2n) is 9.01. The molecule has 33 heavy (non-hydrogen) atoms. The lowest BCUT2D eigenvalue weighted by Crippen LogP contribution is -2.51. The molecule has 0 unspecified atom stereocenters. The van der Waals surface area contributed by atoms with Crippen LogP contribution in [0.5, 0.6) is 11.5 Å². The summed E-state index contributed by atoms with van der Waals surface area (Å²) in [5, 5.41) is 0. The first-order valence-corrected chi connectivity index (χ1v) is 11.7. The van der Waals surface area contributed by atoms with Gasteiger partial charge in [0, 0.05) is 51.7 Å². The molecule has 1 aromatic heterocycles. The van der Waals surface area contributed by atoms with Crippen LogP contribution in [0.3, 0.4) is 0 Å². The summed E-state index contributed by atoms with van der Waals surface area (Å²) in [6.45, 7) is 6.11. The number of fused-ring (bicyclic) bond motifs is 2. The summed E-state index contributed by atoms with van der Waals surface area (Å²) in [6, 6.07) is 14.6. The first-order chi connectivity index (χ1) is 16.2. The molecule has 8 heteroatoms. The van der Waals surface area contributed by atoms with Crippen molar-refractivity contribution in [3.63, 3.8) is 0 Å². The molecule has 0 spiro atoms. The smallest absolute Gasteiger partial charge is 0.298 e. The molecule has 2 saturated heterocycles. The molecule has 0 atom stereocenters. The first-order valence-electron chi connectivity index (χ1n) is 11.7. The molecule has 0 saturated carbocycles. The maximum Gasteiger partial charge on any atom is 0.298 e. The van der Waals surface area contributed by atoms with E-state index in [2.05, 4.69) is 31.8 Å². The van der Waals surface area contributed by atoms with Crippen LogP contribution in [0, 0.1) is 5.92 Å². The van der Waals surface area contributed by atoms with Crippen molar-refractivity contribution in [3.8, 4) is 11.5 Å². The Kier molecular flexibility index (Phi) is 5.30. The van der Waals surface area contributed by atoms with Crippen LogP contribution in [0.1, 0.15) is 18.4 Å². The molecule has 0 aliphatic carbocycles. The number of anilines is 1. The van der Waals surface area contributed by atoms with Crippen LogP contribution >= 0.6 is 0 Å². The number of hydrogen-bond donors (Lipinski definition) is 0. The molecule has 3 aromatic rings. The Morgan fingerprint density at radius 3 is 2.55 bits per heavy atom. The minimum Gasteiger partial charge on any atom is -0.454 e. The number of benzene rings is 2. The molecule has 0 bridgehead atoms. The predicted molar refractivity (Wildman–Crippen MR) is 123 cm³/mol. The predicted octanol–water partition coefficient (Wildman–Crippen LogP) is 3.12. The molecule has 2 aromatic carbocycles. The fourth-order valence-corrected chi connectivity index (χ4v) is 5.00. The summed E-state index contributed by atoms with van der Waals surface area (Å²) >= 11 is 0. The maximum absolute atomic E-state index is 13.1. The summed E-state index contributed by atoms with van der Waals surface area (Å²) in [6.07, 6.45) is 1.68. The minimum absolute atomic E-state index is 0.0889. The Morgan fingerprint density at radius 2 is 1.73 bits per heavy atom. The standard InChI is InChI=1S/C25H28N4O4/c30-24(19-7-9-29(10-8-19)25-26-20-3-1-2-4-21(20)33-25)28-13-11-27(12-14-28)16-18-5-6-22-23(15-18)32-17-31-22/h1-6,15,19H,7-14,16-17H2. The van der Waals surface area contributed by atoms with Gasteiger partial charge in [-0.25, -0.2) is 0 Å². The van der Waals surface area contributed by atoms with E-state index in [0.29, 0.717) is 18.7 Å². The van der Waals surface area contributed by atoms with E-state index >= 15 is 0 Å². The van der Waals surface area contributed by atoms with Gasteiger partial charge in [-0.05, 0) is 42.7 Å². The lowest BCUT2D eigenvalue weighted by molar-refractivity contribution is -0.138. The Bertz CT molecular complexity index is 1110. The van der Waals surface area contributed by atoms with E-state index in [0.717, 1.165) is 81.3 Å². The highest BCUT2D eigenvalue weighted by Gasteiger charge is 2.31. The zero-order valence-corrected chi connectivity index (χ0v) is 18.6. The number of rotatable bonds is 4. The van der Waals surface area contributed by atoms with Gasteiger partial charge in [0.2, 0.25) is 12.7 Å². The highest BCUT2D eigenvalue weighted by molar-refractivity contribution is 5.79. The van der Waals surface area contributed by atoms with Crippen molar-refractivity contribution < 1.29 is 18.7 Å². The van der Waals surface area contributed by atoms with Crippen LogP contribution in [-0.2, 0) is 11.3 Å². The van der Waals surface area contributed by atoms with Crippen molar-refractivity contribution in [1.29, 1.82) is 0 Å². The maximum atomic E-state index is 13.1. The first kappa shape index (κ1) is 20.4. The Morgan fingerprint density at radius 1 is 0.939 bits per heavy atom. The van der Waals surface area contributed by atoms with Crippen molar-refractivity contribution >= 4 is 23.0 Å².